The largest absolute Gasteiger partial charge is 0.481 e. The van der Waals surface area contributed by atoms with Crippen molar-refractivity contribution in [1.82, 2.24) is 0 Å². The molecule has 0 bridgehead atoms. The first-order chi connectivity index (χ1) is 12.7. The Balaban J connectivity index is 1.64. The predicted octanol–water partition coefficient (Wildman–Crippen LogP) is 3.86. The lowest BCUT2D eigenvalue weighted by Gasteiger charge is -2.60. The van der Waals surface area contributed by atoms with Crippen molar-refractivity contribution in [3.8, 4) is 0 Å². The van der Waals surface area contributed by atoms with Gasteiger partial charge in [0.05, 0.1) is 12.2 Å². The van der Waals surface area contributed by atoms with Crippen molar-refractivity contribution in [1.29, 1.82) is 0 Å². The van der Waals surface area contributed by atoms with Crippen LogP contribution in [0.25, 0.3) is 0 Å². The van der Waals surface area contributed by atoms with Crippen molar-refractivity contribution in [2.24, 2.45) is 46.3 Å². The summed E-state index contributed by atoms with van der Waals surface area (Å²) in [5.41, 5.74) is -0.0104. The predicted molar refractivity (Wildman–Crippen MR) is 104 cm³/mol. The summed E-state index contributed by atoms with van der Waals surface area (Å²) in [4.78, 5) is 11.3. The third-order valence-corrected chi connectivity index (χ3v) is 9.50. The Bertz CT molecular complexity index is 630. The highest BCUT2D eigenvalue weighted by atomic mass is 16.4. The van der Waals surface area contributed by atoms with Crippen LogP contribution in [0, 0.1) is 46.3 Å². The van der Waals surface area contributed by atoms with E-state index in [9.17, 15) is 20.1 Å². The number of hydrogen-bond donors (Lipinski definition) is 3. The van der Waals surface area contributed by atoms with Gasteiger partial charge in [-0.3, -0.25) is 4.79 Å². The fraction of sp³-hybridized carbons (Fsp3) is 0.870. The molecule has 10 atom stereocenters. The molecule has 0 aromatic carbocycles. The zero-order chi connectivity index (χ0) is 19.6. The minimum atomic E-state index is -0.730. The molecule has 0 aliphatic heterocycles. The molecule has 0 radical (unpaired) electrons. The van der Waals surface area contributed by atoms with E-state index in [2.05, 4.69) is 32.9 Å². The molecule has 0 amide bonds. The van der Waals surface area contributed by atoms with Gasteiger partial charge in [-0.25, -0.2) is 0 Å². The van der Waals surface area contributed by atoms with Crippen molar-refractivity contribution in [3.63, 3.8) is 0 Å². The van der Waals surface area contributed by atoms with Crippen molar-refractivity contribution < 1.29 is 20.1 Å². The monoisotopic (exact) mass is 376 g/mol. The van der Waals surface area contributed by atoms with Gasteiger partial charge in [-0.05, 0) is 84.9 Å². The molecule has 0 aromatic rings. The topological polar surface area (TPSA) is 77.8 Å². The number of carboxylic acids is 1. The quantitative estimate of drug-likeness (QED) is 0.654. The fourth-order valence-electron chi connectivity index (χ4n) is 7.95. The smallest absolute Gasteiger partial charge is 0.303 e. The lowest BCUT2D eigenvalue weighted by atomic mass is 9.45. The molecule has 4 rings (SSSR count). The summed E-state index contributed by atoms with van der Waals surface area (Å²) in [5.74, 6) is 1.46. The molecule has 0 spiro atoms. The van der Waals surface area contributed by atoms with Gasteiger partial charge in [0.2, 0.25) is 0 Å². The van der Waals surface area contributed by atoms with Crippen LogP contribution in [0.3, 0.4) is 0 Å². The number of carbonyl (C=O) groups is 1. The average Bonchev–Trinajstić information content (AvgIpc) is 2.95. The SMILES string of the molecule is C[C@@H](CC(=O)O)[C@@H]1CC[C@H]2[C@H]3C=C[C@H]4C[C@@H](O)CC[C@]4(C)[C@@H]3C[C@@H](O)[C@@]21C. The van der Waals surface area contributed by atoms with Crippen molar-refractivity contribution >= 4 is 5.97 Å². The third-order valence-electron chi connectivity index (χ3n) is 9.50. The molecule has 4 aliphatic rings. The van der Waals surface area contributed by atoms with E-state index in [1.165, 1.54) is 0 Å². The molecule has 27 heavy (non-hydrogen) atoms. The van der Waals surface area contributed by atoms with E-state index in [0.717, 1.165) is 38.5 Å². The van der Waals surface area contributed by atoms with E-state index in [0.29, 0.717) is 23.7 Å². The first kappa shape index (κ1) is 19.4. The molecule has 3 N–H and O–H groups in total. The van der Waals surface area contributed by atoms with Crippen LogP contribution in [0.4, 0.5) is 0 Å². The number of aliphatic carboxylic acids is 1. The van der Waals surface area contributed by atoms with E-state index in [4.69, 9.17) is 0 Å². The average molecular weight is 377 g/mol. The van der Waals surface area contributed by atoms with Gasteiger partial charge in [-0.1, -0.05) is 32.9 Å². The second kappa shape index (κ2) is 6.59. The van der Waals surface area contributed by atoms with Crippen LogP contribution < -0.4 is 0 Å². The number of carboxylic acid groups (broad SMARTS) is 1. The van der Waals surface area contributed by atoms with E-state index in [1.807, 2.05) is 0 Å². The van der Waals surface area contributed by atoms with Gasteiger partial charge in [-0.2, -0.15) is 0 Å². The fourth-order valence-corrected chi connectivity index (χ4v) is 7.95. The van der Waals surface area contributed by atoms with Gasteiger partial charge in [0.15, 0.2) is 0 Å². The van der Waals surface area contributed by atoms with E-state index in [1.54, 1.807) is 0 Å². The summed E-state index contributed by atoms with van der Waals surface area (Å²) >= 11 is 0. The summed E-state index contributed by atoms with van der Waals surface area (Å²) in [6, 6.07) is 0. The van der Waals surface area contributed by atoms with Gasteiger partial charge >= 0.3 is 5.97 Å². The second-order valence-electron chi connectivity index (χ2n) is 10.6. The molecule has 0 heterocycles. The Morgan fingerprint density at radius 3 is 2.56 bits per heavy atom. The number of aliphatic hydroxyl groups is 2. The highest BCUT2D eigenvalue weighted by Crippen LogP contribution is 2.66. The molecule has 0 unspecified atom stereocenters. The maximum absolute atomic E-state index is 11.4. The Hall–Kier alpha value is -0.870. The summed E-state index contributed by atoms with van der Waals surface area (Å²) in [6.07, 6.45) is 10.2. The lowest BCUT2D eigenvalue weighted by Crippen LogP contribution is -2.57. The zero-order valence-corrected chi connectivity index (χ0v) is 17.0. The highest BCUT2D eigenvalue weighted by molar-refractivity contribution is 5.67. The molecular weight excluding hydrogens is 340 g/mol. The van der Waals surface area contributed by atoms with Crippen LogP contribution in [0.15, 0.2) is 12.2 Å². The second-order valence-corrected chi connectivity index (χ2v) is 10.6. The molecule has 0 saturated heterocycles. The van der Waals surface area contributed by atoms with Crippen LogP contribution in [-0.4, -0.2) is 33.5 Å². The maximum Gasteiger partial charge on any atom is 0.303 e. The lowest BCUT2D eigenvalue weighted by molar-refractivity contribution is -0.149. The first-order valence-electron chi connectivity index (χ1n) is 10.9. The molecule has 4 heteroatoms. The van der Waals surface area contributed by atoms with Crippen LogP contribution in [0.5, 0.6) is 0 Å². The number of rotatable bonds is 3. The van der Waals surface area contributed by atoms with Gasteiger partial charge < -0.3 is 15.3 Å². The Kier molecular flexibility index (Phi) is 4.74. The van der Waals surface area contributed by atoms with Gasteiger partial charge in [0, 0.05) is 6.42 Å². The van der Waals surface area contributed by atoms with E-state index in [-0.39, 0.29) is 41.3 Å². The van der Waals surface area contributed by atoms with Gasteiger partial charge in [0.1, 0.15) is 0 Å². The van der Waals surface area contributed by atoms with Crippen LogP contribution in [0.1, 0.15) is 65.7 Å². The minimum Gasteiger partial charge on any atom is -0.481 e. The molecular formula is C23H36O4. The van der Waals surface area contributed by atoms with Gasteiger partial charge in [0.25, 0.3) is 0 Å². The normalized spacial score (nSPS) is 52.6. The Morgan fingerprint density at radius 1 is 1.11 bits per heavy atom. The molecule has 4 nitrogen and oxygen atoms in total. The van der Waals surface area contributed by atoms with E-state index >= 15 is 0 Å². The number of fused-ring (bicyclic) bond motifs is 5. The summed E-state index contributed by atoms with van der Waals surface area (Å²) in [7, 11) is 0. The minimum absolute atomic E-state index is 0.101. The highest BCUT2D eigenvalue weighted by Gasteiger charge is 2.62. The van der Waals surface area contributed by atoms with Gasteiger partial charge in [-0.15, -0.1) is 0 Å². The summed E-state index contributed by atoms with van der Waals surface area (Å²) < 4.78 is 0. The molecule has 3 saturated carbocycles. The van der Waals surface area contributed by atoms with Crippen LogP contribution in [-0.2, 0) is 4.79 Å². The maximum atomic E-state index is 11.4. The van der Waals surface area contributed by atoms with Crippen LogP contribution >= 0.6 is 0 Å². The Morgan fingerprint density at radius 2 is 1.85 bits per heavy atom. The zero-order valence-electron chi connectivity index (χ0n) is 17.0. The Labute approximate surface area is 163 Å². The molecule has 4 aliphatic carbocycles. The number of hydrogen-bond acceptors (Lipinski definition) is 3. The van der Waals surface area contributed by atoms with Crippen molar-refractivity contribution in [2.75, 3.05) is 0 Å². The number of aliphatic hydroxyl groups excluding tert-OH is 2. The standard InChI is InChI=1S/C23H36O4/c1-13(10-21(26)27)17-6-7-18-16-5-4-14-11-15(24)8-9-22(14,2)19(16)12-20(25)23(17,18)3/h4-5,13-20,24-25H,6-12H2,1-3H3,(H,26,27)/t13-,14-,15-,16+,17-,18-,19+,20+,22-,23+/m0/s1. The van der Waals surface area contributed by atoms with Crippen molar-refractivity contribution in [2.45, 2.75) is 77.9 Å². The third kappa shape index (κ3) is 2.81. The van der Waals surface area contributed by atoms with E-state index < -0.39 is 5.97 Å². The number of allylic oxidation sites excluding steroid dienone is 2. The molecule has 3 fully saturated rings. The van der Waals surface area contributed by atoms with Crippen molar-refractivity contribution in [3.05, 3.63) is 12.2 Å². The molecule has 0 aromatic heterocycles. The molecule has 152 valence electrons. The summed E-state index contributed by atoms with van der Waals surface area (Å²) in [6.45, 7) is 6.68. The summed E-state index contributed by atoms with van der Waals surface area (Å²) in [5, 5.41) is 30.8. The van der Waals surface area contributed by atoms with Crippen LogP contribution in [0.2, 0.25) is 0 Å². The first-order valence-corrected chi connectivity index (χ1v) is 10.9.